The van der Waals surface area contributed by atoms with Crippen LogP contribution in [0.25, 0.3) is 0 Å². The predicted octanol–water partition coefficient (Wildman–Crippen LogP) is 2.64. The molecule has 0 aliphatic heterocycles. The first-order valence-corrected chi connectivity index (χ1v) is 7.76. The van der Waals surface area contributed by atoms with Crippen LogP contribution < -0.4 is 5.32 Å². The Bertz CT molecular complexity index is 345. The number of aliphatic hydroxyl groups excluding tert-OH is 1. The second-order valence-corrected chi connectivity index (χ2v) is 5.54. The highest BCUT2D eigenvalue weighted by molar-refractivity contribution is 4.99. The van der Waals surface area contributed by atoms with Crippen LogP contribution >= 0.6 is 0 Å². The number of nitrogens with zero attached hydrogens (tertiary/aromatic N) is 2. The fourth-order valence-electron chi connectivity index (χ4n) is 2.78. The van der Waals surface area contributed by atoms with Crippen LogP contribution in [0.15, 0.2) is 12.3 Å². The Labute approximate surface area is 116 Å². The number of nitrogens with one attached hydrogen (secondary N) is 1. The zero-order valence-corrected chi connectivity index (χ0v) is 11.9. The van der Waals surface area contributed by atoms with Crippen LogP contribution in [0.1, 0.15) is 63.1 Å². The average molecular weight is 265 g/mol. The van der Waals surface area contributed by atoms with E-state index in [1.165, 1.54) is 32.1 Å². The lowest BCUT2D eigenvalue weighted by atomic mass is 9.96. The third kappa shape index (κ3) is 4.96. The summed E-state index contributed by atoms with van der Waals surface area (Å²) in [5.74, 6) is 0. The molecule has 2 N–H and O–H groups in total. The molecule has 4 heteroatoms. The molecule has 0 unspecified atom stereocenters. The van der Waals surface area contributed by atoms with Crippen LogP contribution in [-0.2, 0) is 6.54 Å². The van der Waals surface area contributed by atoms with Gasteiger partial charge in [-0.3, -0.25) is 4.68 Å². The van der Waals surface area contributed by atoms with Crippen molar-refractivity contribution in [3.05, 3.63) is 18.0 Å². The number of hydrogen-bond donors (Lipinski definition) is 2. The molecule has 1 aromatic rings. The summed E-state index contributed by atoms with van der Waals surface area (Å²) in [4.78, 5) is 0. The first-order chi connectivity index (χ1) is 9.40. The van der Waals surface area contributed by atoms with Crippen LogP contribution in [0.5, 0.6) is 0 Å². The van der Waals surface area contributed by atoms with Crippen molar-refractivity contribution in [2.75, 3.05) is 13.2 Å². The predicted molar refractivity (Wildman–Crippen MR) is 77.0 cm³/mol. The van der Waals surface area contributed by atoms with Gasteiger partial charge < -0.3 is 10.4 Å². The summed E-state index contributed by atoms with van der Waals surface area (Å²) in [5.41, 5.74) is 1.15. The van der Waals surface area contributed by atoms with Crippen LogP contribution in [-0.4, -0.2) is 28.0 Å². The van der Waals surface area contributed by atoms with E-state index < -0.39 is 0 Å². The Morgan fingerprint density at radius 2 is 2.05 bits per heavy atom. The normalized spacial score (nSPS) is 16.9. The summed E-state index contributed by atoms with van der Waals surface area (Å²) < 4.78 is 2.17. The molecule has 0 atom stereocenters. The number of aromatic nitrogens is 2. The molecule has 1 saturated carbocycles. The van der Waals surface area contributed by atoms with E-state index in [1.54, 1.807) is 0 Å². The van der Waals surface area contributed by atoms with Crippen molar-refractivity contribution in [3.8, 4) is 0 Å². The van der Waals surface area contributed by atoms with E-state index in [4.69, 9.17) is 5.11 Å². The number of unbranched alkanes of at least 4 members (excludes halogenated alkanes) is 2. The lowest BCUT2D eigenvalue weighted by molar-refractivity contribution is 0.283. The number of rotatable bonds is 8. The smallest absolute Gasteiger partial charge is 0.0762 e. The molecule has 0 bridgehead atoms. The van der Waals surface area contributed by atoms with Crippen molar-refractivity contribution in [3.63, 3.8) is 0 Å². The summed E-state index contributed by atoms with van der Waals surface area (Å²) in [5, 5.41) is 16.8. The first kappa shape index (κ1) is 14.5. The van der Waals surface area contributed by atoms with Gasteiger partial charge in [0, 0.05) is 19.3 Å². The van der Waals surface area contributed by atoms with Crippen molar-refractivity contribution in [1.82, 2.24) is 15.1 Å². The minimum Gasteiger partial charge on any atom is -0.396 e. The molecule has 0 saturated heterocycles. The summed E-state index contributed by atoms with van der Waals surface area (Å²) in [6.07, 6.45) is 11.9. The van der Waals surface area contributed by atoms with Gasteiger partial charge in [0.15, 0.2) is 0 Å². The van der Waals surface area contributed by atoms with Gasteiger partial charge in [0.1, 0.15) is 0 Å². The Morgan fingerprint density at radius 3 is 2.84 bits per heavy atom. The van der Waals surface area contributed by atoms with Crippen LogP contribution in [0.4, 0.5) is 0 Å². The highest BCUT2D eigenvalue weighted by Crippen LogP contribution is 2.27. The standard InChI is InChI=1S/C15H27N3O/c19-12-6-2-5-10-16-13-14-9-11-18(17-14)15-7-3-1-4-8-15/h9,11,15-16,19H,1-8,10,12-13H2. The fourth-order valence-corrected chi connectivity index (χ4v) is 2.78. The second-order valence-electron chi connectivity index (χ2n) is 5.54. The van der Waals surface area contributed by atoms with Crippen LogP contribution in [0.2, 0.25) is 0 Å². The molecule has 1 aliphatic rings. The molecule has 1 heterocycles. The molecule has 108 valence electrons. The lowest BCUT2D eigenvalue weighted by Gasteiger charge is -2.21. The molecule has 4 nitrogen and oxygen atoms in total. The maximum atomic E-state index is 8.69. The molecular formula is C15H27N3O. The van der Waals surface area contributed by atoms with Gasteiger partial charge in [0.25, 0.3) is 0 Å². The summed E-state index contributed by atoms with van der Waals surface area (Å²) in [7, 11) is 0. The van der Waals surface area contributed by atoms with Crippen molar-refractivity contribution >= 4 is 0 Å². The molecule has 0 amide bonds. The number of aliphatic hydroxyl groups is 1. The van der Waals surface area contributed by atoms with Gasteiger partial charge in [-0.25, -0.2) is 0 Å². The Morgan fingerprint density at radius 1 is 1.21 bits per heavy atom. The topological polar surface area (TPSA) is 50.1 Å². The molecule has 0 radical (unpaired) electrons. The molecule has 0 aromatic carbocycles. The van der Waals surface area contributed by atoms with Gasteiger partial charge >= 0.3 is 0 Å². The zero-order chi connectivity index (χ0) is 13.3. The van der Waals surface area contributed by atoms with Crippen LogP contribution in [0, 0.1) is 0 Å². The van der Waals surface area contributed by atoms with Gasteiger partial charge in [0.2, 0.25) is 0 Å². The molecule has 0 spiro atoms. The van der Waals surface area contributed by atoms with Crippen molar-refractivity contribution < 1.29 is 5.11 Å². The Balaban J connectivity index is 1.66. The molecule has 1 fully saturated rings. The van der Waals surface area contributed by atoms with Gasteiger partial charge in [-0.1, -0.05) is 19.3 Å². The zero-order valence-electron chi connectivity index (χ0n) is 11.9. The van der Waals surface area contributed by atoms with Gasteiger partial charge in [-0.2, -0.15) is 5.10 Å². The number of hydrogen-bond acceptors (Lipinski definition) is 3. The van der Waals surface area contributed by atoms with E-state index >= 15 is 0 Å². The van der Waals surface area contributed by atoms with E-state index in [0.717, 1.165) is 38.0 Å². The minimum absolute atomic E-state index is 0.311. The monoisotopic (exact) mass is 265 g/mol. The van der Waals surface area contributed by atoms with Gasteiger partial charge in [-0.05, 0) is 44.7 Å². The Kier molecular flexibility index (Phi) is 6.37. The quantitative estimate of drug-likeness (QED) is 0.710. The maximum absolute atomic E-state index is 8.69. The molecule has 2 rings (SSSR count). The summed E-state index contributed by atoms with van der Waals surface area (Å²) in [6, 6.07) is 2.77. The van der Waals surface area contributed by atoms with E-state index in [2.05, 4.69) is 27.4 Å². The molecule has 19 heavy (non-hydrogen) atoms. The van der Waals surface area contributed by atoms with Crippen molar-refractivity contribution in [1.29, 1.82) is 0 Å². The third-order valence-corrected chi connectivity index (χ3v) is 3.93. The SMILES string of the molecule is OCCCCCNCc1ccn(C2CCCCC2)n1. The minimum atomic E-state index is 0.311. The van der Waals surface area contributed by atoms with E-state index in [-0.39, 0.29) is 0 Å². The summed E-state index contributed by atoms with van der Waals surface area (Å²) in [6.45, 7) is 2.18. The van der Waals surface area contributed by atoms with Gasteiger partial charge in [0.05, 0.1) is 11.7 Å². The third-order valence-electron chi connectivity index (χ3n) is 3.93. The second kappa shape index (κ2) is 8.33. The Hall–Kier alpha value is -0.870. The molecule has 1 aromatic heterocycles. The van der Waals surface area contributed by atoms with Crippen molar-refractivity contribution in [2.45, 2.75) is 64.0 Å². The highest BCUT2D eigenvalue weighted by atomic mass is 16.2. The highest BCUT2D eigenvalue weighted by Gasteiger charge is 2.15. The van der Waals surface area contributed by atoms with Crippen LogP contribution in [0.3, 0.4) is 0 Å². The molecule has 1 aliphatic carbocycles. The van der Waals surface area contributed by atoms with E-state index in [1.807, 2.05) is 0 Å². The maximum Gasteiger partial charge on any atom is 0.0762 e. The largest absolute Gasteiger partial charge is 0.396 e. The molecular weight excluding hydrogens is 238 g/mol. The van der Waals surface area contributed by atoms with Gasteiger partial charge in [-0.15, -0.1) is 0 Å². The average Bonchev–Trinajstić information content (AvgIpc) is 2.92. The first-order valence-electron chi connectivity index (χ1n) is 7.76. The fraction of sp³-hybridized carbons (Fsp3) is 0.800. The van der Waals surface area contributed by atoms with E-state index in [0.29, 0.717) is 12.6 Å². The summed E-state index contributed by atoms with van der Waals surface area (Å²) >= 11 is 0. The lowest BCUT2D eigenvalue weighted by Crippen LogP contribution is -2.17. The van der Waals surface area contributed by atoms with E-state index in [9.17, 15) is 0 Å². The van der Waals surface area contributed by atoms with Crippen molar-refractivity contribution in [2.24, 2.45) is 0 Å².